The number of nitrogens with one attached hydrogen (secondary N) is 3. The molecular formula is C29H36N8O5. The first-order chi connectivity index (χ1) is 20.3. The Bertz CT molecular complexity index is 1430. The predicted molar refractivity (Wildman–Crippen MR) is 155 cm³/mol. The highest BCUT2D eigenvalue weighted by atomic mass is 16.5. The van der Waals surface area contributed by atoms with E-state index in [2.05, 4.69) is 32.8 Å². The van der Waals surface area contributed by atoms with E-state index >= 15 is 0 Å². The molecule has 42 heavy (non-hydrogen) atoms. The zero-order valence-electron chi connectivity index (χ0n) is 23.8. The number of benzene rings is 2. The Morgan fingerprint density at radius 3 is 2.67 bits per heavy atom. The first-order valence-electron chi connectivity index (χ1n) is 13.8. The quantitative estimate of drug-likeness (QED) is 0.165. The van der Waals surface area contributed by atoms with E-state index in [-0.39, 0.29) is 44.6 Å². The molecule has 0 saturated carbocycles. The van der Waals surface area contributed by atoms with Crippen LogP contribution in [0.3, 0.4) is 0 Å². The summed E-state index contributed by atoms with van der Waals surface area (Å²) in [6.07, 6.45) is 0.848. The Balaban J connectivity index is 1.53. The SMILES string of the molecule is C=CCNCC(=O)N1[C@@H](NC(=O)NCc2ccccc2)CN(Cc2cccc3c2nnn3CC(=O)OCC)C(=O)[C@@H]1C. The number of nitrogens with zero attached hydrogens (tertiary/aromatic N) is 5. The fraction of sp³-hybridized carbons (Fsp3) is 0.379. The van der Waals surface area contributed by atoms with Gasteiger partial charge in [0.05, 0.1) is 25.2 Å². The van der Waals surface area contributed by atoms with Crippen molar-refractivity contribution in [1.29, 1.82) is 0 Å². The van der Waals surface area contributed by atoms with E-state index in [0.717, 1.165) is 5.56 Å². The normalized spacial score (nSPS) is 16.8. The van der Waals surface area contributed by atoms with Gasteiger partial charge in [0.2, 0.25) is 11.8 Å². The highest BCUT2D eigenvalue weighted by Crippen LogP contribution is 2.22. The Morgan fingerprint density at radius 2 is 1.93 bits per heavy atom. The topological polar surface area (TPSA) is 151 Å². The van der Waals surface area contributed by atoms with Gasteiger partial charge in [-0.3, -0.25) is 14.4 Å². The molecule has 2 heterocycles. The number of piperazine rings is 1. The van der Waals surface area contributed by atoms with Gasteiger partial charge in [0.15, 0.2) is 0 Å². The summed E-state index contributed by atoms with van der Waals surface area (Å²) in [6.45, 7) is 8.12. The van der Waals surface area contributed by atoms with Crippen LogP contribution in [0.5, 0.6) is 0 Å². The third kappa shape index (κ3) is 7.29. The standard InChI is InChI=1S/C29H36N8O5/c1-4-14-30-16-25(38)37-20(3)28(40)35(18-24(37)32-29(41)31-15-21-10-7-6-8-11-21)17-22-12-9-13-23-27(22)33-34-36(23)19-26(39)42-5-2/h4,6-13,20,24,30H,1,5,14-19H2,2-3H3,(H2,31,32,41)/t20-,24+/m0/s1. The van der Waals surface area contributed by atoms with Gasteiger partial charge in [-0.25, -0.2) is 9.48 Å². The highest BCUT2D eigenvalue weighted by molar-refractivity contribution is 5.90. The lowest BCUT2D eigenvalue weighted by molar-refractivity contribution is -0.155. The van der Waals surface area contributed by atoms with Crippen molar-refractivity contribution < 1.29 is 23.9 Å². The number of carbonyl (C=O) groups excluding carboxylic acids is 4. The monoisotopic (exact) mass is 576 g/mol. The summed E-state index contributed by atoms with van der Waals surface area (Å²) < 4.78 is 6.48. The second-order valence-corrected chi connectivity index (χ2v) is 9.78. The molecule has 2 aromatic carbocycles. The Kier molecular flexibility index (Phi) is 10.2. The number of urea groups is 1. The average molecular weight is 577 g/mol. The van der Waals surface area contributed by atoms with Gasteiger partial charge in [-0.05, 0) is 25.5 Å². The minimum absolute atomic E-state index is 0.0175. The van der Waals surface area contributed by atoms with Crippen LogP contribution in [0.1, 0.15) is 25.0 Å². The number of carbonyl (C=O) groups is 4. The van der Waals surface area contributed by atoms with Crippen molar-refractivity contribution in [2.24, 2.45) is 0 Å². The van der Waals surface area contributed by atoms with Crippen molar-refractivity contribution in [3.63, 3.8) is 0 Å². The van der Waals surface area contributed by atoms with E-state index in [0.29, 0.717) is 29.7 Å². The Morgan fingerprint density at radius 1 is 1.14 bits per heavy atom. The lowest BCUT2D eigenvalue weighted by Gasteiger charge is -2.45. The van der Waals surface area contributed by atoms with Crippen LogP contribution in [0.4, 0.5) is 4.79 Å². The molecule has 4 rings (SSSR count). The number of hydrogen-bond acceptors (Lipinski definition) is 8. The smallest absolute Gasteiger partial charge is 0.327 e. The molecule has 2 atom stereocenters. The van der Waals surface area contributed by atoms with E-state index < -0.39 is 24.2 Å². The highest BCUT2D eigenvalue weighted by Gasteiger charge is 2.41. The van der Waals surface area contributed by atoms with Gasteiger partial charge in [0.1, 0.15) is 24.3 Å². The van der Waals surface area contributed by atoms with Crippen LogP contribution in [0.15, 0.2) is 61.2 Å². The number of fused-ring (bicyclic) bond motifs is 1. The van der Waals surface area contributed by atoms with Crippen LogP contribution in [-0.2, 0) is 38.8 Å². The molecule has 0 bridgehead atoms. The maximum atomic E-state index is 13.5. The van der Waals surface area contributed by atoms with E-state index in [4.69, 9.17) is 4.74 Å². The maximum Gasteiger partial charge on any atom is 0.327 e. The van der Waals surface area contributed by atoms with Gasteiger partial charge < -0.3 is 30.5 Å². The molecular weight excluding hydrogens is 540 g/mol. The van der Waals surface area contributed by atoms with Gasteiger partial charge in [0, 0.05) is 25.2 Å². The number of esters is 1. The van der Waals surface area contributed by atoms with E-state index in [1.807, 2.05) is 36.4 Å². The second-order valence-electron chi connectivity index (χ2n) is 9.78. The minimum atomic E-state index is -0.838. The molecule has 13 nitrogen and oxygen atoms in total. The van der Waals surface area contributed by atoms with Gasteiger partial charge in [-0.15, -0.1) is 11.7 Å². The molecule has 1 saturated heterocycles. The van der Waals surface area contributed by atoms with Crippen LogP contribution in [0, 0.1) is 0 Å². The van der Waals surface area contributed by atoms with Crippen LogP contribution in [-0.4, -0.2) is 87.1 Å². The number of hydrogen-bond donors (Lipinski definition) is 3. The predicted octanol–water partition coefficient (Wildman–Crippen LogP) is 1.15. The zero-order valence-corrected chi connectivity index (χ0v) is 23.8. The summed E-state index contributed by atoms with van der Waals surface area (Å²) in [7, 11) is 0. The molecule has 3 N–H and O–H groups in total. The summed E-state index contributed by atoms with van der Waals surface area (Å²) in [4.78, 5) is 54.7. The van der Waals surface area contributed by atoms with Gasteiger partial charge >= 0.3 is 12.0 Å². The first kappa shape index (κ1) is 30.2. The fourth-order valence-electron chi connectivity index (χ4n) is 4.87. The molecule has 1 aliphatic rings. The van der Waals surface area contributed by atoms with Crippen molar-refractivity contribution in [2.45, 2.75) is 45.7 Å². The molecule has 0 unspecified atom stereocenters. The van der Waals surface area contributed by atoms with Crippen LogP contribution < -0.4 is 16.0 Å². The Hall–Kier alpha value is -4.78. The Labute approximate surface area is 243 Å². The lowest BCUT2D eigenvalue weighted by atomic mass is 10.1. The maximum absolute atomic E-state index is 13.5. The third-order valence-electron chi connectivity index (χ3n) is 6.84. The molecule has 13 heteroatoms. The minimum Gasteiger partial charge on any atom is -0.465 e. The molecule has 1 aromatic heterocycles. The third-order valence-corrected chi connectivity index (χ3v) is 6.84. The van der Waals surface area contributed by atoms with Crippen molar-refractivity contribution in [3.05, 3.63) is 72.3 Å². The molecule has 1 aliphatic heterocycles. The molecule has 0 radical (unpaired) electrons. The van der Waals surface area contributed by atoms with Crippen molar-refractivity contribution >= 4 is 34.8 Å². The lowest BCUT2D eigenvalue weighted by Crippen LogP contribution is -2.68. The number of aromatic nitrogens is 3. The number of rotatable bonds is 12. The van der Waals surface area contributed by atoms with Crippen LogP contribution in [0.2, 0.25) is 0 Å². The summed E-state index contributed by atoms with van der Waals surface area (Å²) in [5, 5.41) is 17.0. The molecule has 1 fully saturated rings. The van der Waals surface area contributed by atoms with Crippen molar-refractivity contribution in [2.75, 3.05) is 26.2 Å². The van der Waals surface area contributed by atoms with Gasteiger partial charge in [-0.2, -0.15) is 0 Å². The van der Waals surface area contributed by atoms with Crippen molar-refractivity contribution in [3.8, 4) is 0 Å². The summed E-state index contributed by atoms with van der Waals surface area (Å²) in [5.41, 5.74) is 2.80. The molecule has 4 amide bonds. The molecule has 0 spiro atoms. The molecule has 222 valence electrons. The van der Waals surface area contributed by atoms with E-state index in [1.165, 1.54) is 9.58 Å². The van der Waals surface area contributed by atoms with E-state index in [9.17, 15) is 19.2 Å². The van der Waals surface area contributed by atoms with E-state index in [1.54, 1.807) is 37.0 Å². The van der Waals surface area contributed by atoms with Crippen LogP contribution >= 0.6 is 0 Å². The summed E-state index contributed by atoms with van der Waals surface area (Å²) >= 11 is 0. The average Bonchev–Trinajstić information content (AvgIpc) is 3.39. The second kappa shape index (κ2) is 14.2. The first-order valence-corrected chi connectivity index (χ1v) is 13.8. The fourth-order valence-corrected chi connectivity index (χ4v) is 4.87. The van der Waals surface area contributed by atoms with Gasteiger partial charge in [-0.1, -0.05) is 53.8 Å². The molecule has 3 aromatic rings. The number of ether oxygens (including phenoxy) is 1. The van der Waals surface area contributed by atoms with Gasteiger partial charge in [0.25, 0.3) is 0 Å². The van der Waals surface area contributed by atoms with Crippen molar-refractivity contribution in [1.82, 2.24) is 40.7 Å². The largest absolute Gasteiger partial charge is 0.465 e. The summed E-state index contributed by atoms with van der Waals surface area (Å²) in [5.74, 6) is -1.03. The molecule has 0 aliphatic carbocycles. The zero-order chi connectivity index (χ0) is 30.1. The number of amides is 4. The summed E-state index contributed by atoms with van der Waals surface area (Å²) in [6, 6.07) is 13.6. The van der Waals surface area contributed by atoms with Crippen LogP contribution in [0.25, 0.3) is 11.0 Å².